The van der Waals surface area contributed by atoms with Crippen LogP contribution in [0, 0.1) is 5.92 Å². The van der Waals surface area contributed by atoms with Gasteiger partial charge in [0.25, 0.3) is 0 Å². The van der Waals surface area contributed by atoms with E-state index in [1.165, 1.54) is 0 Å². The van der Waals surface area contributed by atoms with Crippen molar-refractivity contribution in [3.05, 3.63) is 95.6 Å². The van der Waals surface area contributed by atoms with Crippen molar-refractivity contribution in [1.29, 1.82) is 0 Å². The second-order valence-electron chi connectivity index (χ2n) is 13.6. The predicted octanol–water partition coefficient (Wildman–Crippen LogP) is 6.77. The lowest BCUT2D eigenvalue weighted by Gasteiger charge is -2.36. The summed E-state index contributed by atoms with van der Waals surface area (Å²) in [7, 11) is 0.296. The van der Waals surface area contributed by atoms with Gasteiger partial charge in [-0.15, -0.1) is 0 Å². The second-order valence-corrected chi connectivity index (χ2v) is 19.2. The minimum absolute atomic E-state index is 0.0310. The summed E-state index contributed by atoms with van der Waals surface area (Å²) in [5.41, 5.74) is 3.17. The summed E-state index contributed by atoms with van der Waals surface area (Å²) >= 11 is 0. The molecule has 0 spiro atoms. The molecule has 3 aromatic rings. The molecule has 0 aromatic heterocycles. The first-order valence-corrected chi connectivity index (χ1v) is 19.9. The van der Waals surface area contributed by atoms with E-state index >= 15 is 0 Å². The Morgan fingerprint density at radius 3 is 2.22 bits per heavy atom. The molecule has 9 heteroatoms. The molecule has 0 radical (unpaired) electrons. The first-order chi connectivity index (χ1) is 21.7. The highest BCUT2D eigenvalue weighted by atomic mass is 28.3. The molecule has 242 valence electrons. The van der Waals surface area contributed by atoms with Crippen molar-refractivity contribution in [2.75, 3.05) is 33.6 Å². The lowest BCUT2D eigenvalue weighted by Crippen LogP contribution is -2.52. The third-order valence-electron chi connectivity index (χ3n) is 8.61. The molecular formula is C36H49N3O5Si. The van der Waals surface area contributed by atoms with E-state index in [2.05, 4.69) is 48.9 Å². The summed E-state index contributed by atoms with van der Waals surface area (Å²) in [6.45, 7) is 10.1. The van der Waals surface area contributed by atoms with Crippen LogP contribution in [0.5, 0.6) is 11.5 Å². The van der Waals surface area contributed by atoms with Gasteiger partial charge < -0.3 is 24.2 Å². The third kappa shape index (κ3) is 9.56. The van der Waals surface area contributed by atoms with Crippen LogP contribution in [0.3, 0.4) is 0 Å². The molecule has 1 aliphatic heterocycles. The van der Waals surface area contributed by atoms with Gasteiger partial charge in [0.15, 0.2) is 11.5 Å². The van der Waals surface area contributed by atoms with E-state index in [9.17, 15) is 9.90 Å². The first kappa shape index (κ1) is 33.0. The van der Waals surface area contributed by atoms with Crippen LogP contribution in [0.4, 0.5) is 4.79 Å². The van der Waals surface area contributed by atoms with Crippen molar-refractivity contribution in [3.8, 4) is 11.5 Å². The van der Waals surface area contributed by atoms with E-state index in [0.29, 0.717) is 50.9 Å². The molecule has 2 aliphatic rings. The first-order valence-electron chi connectivity index (χ1n) is 16.2. The minimum Gasteiger partial charge on any atom is -0.504 e. The number of urea groups is 1. The maximum Gasteiger partial charge on any atom is 0.335 e. The van der Waals surface area contributed by atoms with Gasteiger partial charge >= 0.3 is 6.03 Å². The molecular weight excluding hydrogens is 582 g/mol. The van der Waals surface area contributed by atoms with Crippen molar-refractivity contribution < 1.29 is 24.1 Å². The Kier molecular flexibility index (Phi) is 11.2. The van der Waals surface area contributed by atoms with Crippen LogP contribution in [0.25, 0.3) is 0 Å². The fourth-order valence-electron chi connectivity index (χ4n) is 5.76. The second kappa shape index (κ2) is 15.3. The molecule has 8 nitrogen and oxygen atoms in total. The van der Waals surface area contributed by atoms with Gasteiger partial charge in [0.2, 0.25) is 0 Å². The SMILES string of the molecule is COc1cc(CN2C(=O)N(CC3CC3)N(Cc3ccccc3)C[C@@H](OCOCC[Si](C)(C)C)[C@H]2Cc2ccccc2)ccc1O. The minimum atomic E-state index is -1.24. The lowest BCUT2D eigenvalue weighted by molar-refractivity contribution is -0.118. The van der Waals surface area contributed by atoms with E-state index in [0.717, 1.165) is 35.6 Å². The van der Waals surface area contributed by atoms with E-state index < -0.39 is 8.07 Å². The summed E-state index contributed by atoms with van der Waals surface area (Å²) < 4.78 is 18.1. The molecule has 5 rings (SSSR count). The summed E-state index contributed by atoms with van der Waals surface area (Å²) in [5, 5.41) is 14.4. The van der Waals surface area contributed by atoms with Crippen molar-refractivity contribution in [3.63, 3.8) is 0 Å². The molecule has 2 fully saturated rings. The van der Waals surface area contributed by atoms with Gasteiger partial charge in [-0.2, -0.15) is 0 Å². The Morgan fingerprint density at radius 2 is 1.58 bits per heavy atom. The molecule has 1 aliphatic carbocycles. The Morgan fingerprint density at radius 1 is 0.889 bits per heavy atom. The highest BCUT2D eigenvalue weighted by Crippen LogP contribution is 2.34. The fraction of sp³-hybridized carbons (Fsp3) is 0.472. The Labute approximate surface area is 269 Å². The van der Waals surface area contributed by atoms with E-state index in [1.807, 2.05) is 58.4 Å². The quantitative estimate of drug-likeness (QED) is 0.113. The van der Waals surface area contributed by atoms with Crippen LogP contribution in [0.1, 0.15) is 29.5 Å². The Bertz CT molecular complexity index is 1370. The molecule has 1 saturated carbocycles. The number of phenolic OH excluding ortho intramolecular Hbond substituents is 1. The maximum atomic E-state index is 14.8. The largest absolute Gasteiger partial charge is 0.504 e. The molecule has 1 heterocycles. The normalized spacial score (nSPS) is 19.5. The zero-order chi connectivity index (χ0) is 31.8. The van der Waals surface area contributed by atoms with Gasteiger partial charge in [0.05, 0.1) is 19.3 Å². The number of methoxy groups -OCH3 is 1. The molecule has 1 saturated heterocycles. The van der Waals surface area contributed by atoms with Gasteiger partial charge in [0, 0.05) is 40.9 Å². The number of carbonyl (C=O) groups excluding carboxylic acids is 1. The van der Waals surface area contributed by atoms with Gasteiger partial charge in [0.1, 0.15) is 6.79 Å². The molecule has 45 heavy (non-hydrogen) atoms. The predicted molar refractivity (Wildman–Crippen MR) is 180 cm³/mol. The van der Waals surface area contributed by atoms with E-state index in [-0.39, 0.29) is 30.7 Å². The topological polar surface area (TPSA) is 74.7 Å². The Balaban J connectivity index is 1.51. The molecule has 2 atom stereocenters. The standard InChI is InChI=1S/C36H49N3O5Si/c1-42-34-22-31(17-18-33(34)40)24-38-32(21-28-11-7-5-8-12-28)35(44-27-43-19-20-45(2,3)4)26-37(23-29-13-9-6-10-14-29)39(36(38)41)25-30-15-16-30/h5-14,17-18,22,30,32,35,40H,15-16,19-21,23-27H2,1-4H3/t32-,35-/m1/s1. The number of nitrogens with zero attached hydrogens (tertiary/aromatic N) is 3. The monoisotopic (exact) mass is 631 g/mol. The summed E-state index contributed by atoms with van der Waals surface area (Å²) in [4.78, 5) is 16.8. The van der Waals surface area contributed by atoms with Crippen LogP contribution in [-0.4, -0.2) is 79.9 Å². The average Bonchev–Trinajstić information content (AvgIpc) is 3.86. The molecule has 0 bridgehead atoms. The fourth-order valence-corrected chi connectivity index (χ4v) is 6.51. The van der Waals surface area contributed by atoms with E-state index in [1.54, 1.807) is 13.2 Å². The maximum absolute atomic E-state index is 14.8. The number of hydrogen-bond donors (Lipinski definition) is 1. The Hall–Kier alpha value is -3.37. The number of carbonyl (C=O) groups is 1. The van der Waals surface area contributed by atoms with Crippen LogP contribution < -0.4 is 4.74 Å². The molecule has 0 unspecified atom stereocenters. The number of hydrazine groups is 1. The molecule has 2 amide bonds. The van der Waals surface area contributed by atoms with Crippen molar-refractivity contribution in [2.24, 2.45) is 5.92 Å². The third-order valence-corrected chi connectivity index (χ3v) is 10.3. The van der Waals surface area contributed by atoms with Crippen molar-refractivity contribution >= 4 is 14.1 Å². The number of amides is 2. The number of ether oxygens (including phenoxy) is 3. The number of benzene rings is 3. The summed E-state index contributed by atoms with van der Waals surface area (Å²) in [5.74, 6) is 0.960. The highest BCUT2D eigenvalue weighted by molar-refractivity contribution is 6.76. The number of rotatable bonds is 15. The van der Waals surface area contributed by atoms with Crippen LogP contribution in [0.2, 0.25) is 25.7 Å². The number of hydrogen-bond acceptors (Lipinski definition) is 6. The van der Waals surface area contributed by atoms with Gasteiger partial charge in [-0.1, -0.05) is 86.4 Å². The number of phenols is 1. The average molecular weight is 632 g/mol. The summed E-state index contributed by atoms with van der Waals surface area (Å²) in [6.07, 6.45) is 2.60. The van der Waals surface area contributed by atoms with Gasteiger partial charge in [-0.05, 0) is 60.0 Å². The van der Waals surface area contributed by atoms with Gasteiger partial charge in [-0.25, -0.2) is 9.80 Å². The number of aromatic hydroxyl groups is 1. The van der Waals surface area contributed by atoms with Crippen molar-refractivity contribution in [1.82, 2.24) is 14.9 Å². The van der Waals surface area contributed by atoms with Crippen LogP contribution in [-0.2, 0) is 29.0 Å². The van der Waals surface area contributed by atoms with Crippen LogP contribution in [0.15, 0.2) is 78.9 Å². The smallest absolute Gasteiger partial charge is 0.335 e. The highest BCUT2D eigenvalue weighted by Gasteiger charge is 2.43. The van der Waals surface area contributed by atoms with Crippen molar-refractivity contribution in [2.45, 2.75) is 70.2 Å². The van der Waals surface area contributed by atoms with E-state index in [4.69, 9.17) is 14.2 Å². The zero-order valence-electron chi connectivity index (χ0n) is 27.2. The zero-order valence-corrected chi connectivity index (χ0v) is 28.2. The lowest BCUT2D eigenvalue weighted by atomic mass is 9.98. The molecule has 1 N–H and O–H groups in total. The van der Waals surface area contributed by atoms with Crippen LogP contribution >= 0.6 is 0 Å². The summed E-state index contributed by atoms with van der Waals surface area (Å²) in [6, 6.07) is 26.7. The molecule has 3 aromatic carbocycles. The van der Waals surface area contributed by atoms with Gasteiger partial charge in [-0.3, -0.25) is 5.01 Å².